The highest BCUT2D eigenvalue weighted by Gasteiger charge is 2.45. The van der Waals surface area contributed by atoms with Crippen molar-refractivity contribution in [3.63, 3.8) is 0 Å². The molecule has 1 amide bonds. The average Bonchev–Trinajstić information content (AvgIpc) is 3.22. The molecule has 0 radical (unpaired) electrons. The molecule has 2 aliphatic heterocycles. The summed E-state index contributed by atoms with van der Waals surface area (Å²) in [6.07, 6.45) is 9.33. The summed E-state index contributed by atoms with van der Waals surface area (Å²) in [5, 5.41) is 4.21. The summed E-state index contributed by atoms with van der Waals surface area (Å²) in [5.41, 5.74) is 0. The second kappa shape index (κ2) is 6.26. The molecular formula is C18H22N4O2. The zero-order chi connectivity index (χ0) is 16.5. The molecule has 4 heterocycles. The molecule has 126 valence electrons. The van der Waals surface area contributed by atoms with Crippen molar-refractivity contribution in [1.82, 2.24) is 19.7 Å². The quantitative estimate of drug-likeness (QED) is 0.866. The third-order valence-corrected chi connectivity index (χ3v) is 5.15. The first-order chi connectivity index (χ1) is 11.7. The van der Waals surface area contributed by atoms with Crippen molar-refractivity contribution in [1.29, 1.82) is 0 Å². The molecule has 4 rings (SSSR count). The van der Waals surface area contributed by atoms with Crippen LogP contribution in [0.3, 0.4) is 0 Å². The molecule has 2 bridgehead atoms. The summed E-state index contributed by atoms with van der Waals surface area (Å²) in [5.74, 6) is 0.842. The number of aromatic nitrogens is 3. The molecule has 2 saturated heterocycles. The summed E-state index contributed by atoms with van der Waals surface area (Å²) in [6, 6.07) is 7.84. The van der Waals surface area contributed by atoms with Crippen LogP contribution in [0.1, 0.15) is 38.6 Å². The summed E-state index contributed by atoms with van der Waals surface area (Å²) < 4.78 is 7.76. The lowest BCUT2D eigenvalue weighted by Crippen LogP contribution is -2.51. The van der Waals surface area contributed by atoms with Crippen molar-refractivity contribution in [2.75, 3.05) is 0 Å². The van der Waals surface area contributed by atoms with E-state index in [-0.39, 0.29) is 30.1 Å². The predicted molar refractivity (Wildman–Crippen MR) is 88.5 cm³/mol. The van der Waals surface area contributed by atoms with Crippen molar-refractivity contribution in [2.24, 2.45) is 0 Å². The van der Waals surface area contributed by atoms with E-state index < -0.39 is 0 Å². The highest BCUT2D eigenvalue weighted by molar-refractivity contribution is 5.81. The van der Waals surface area contributed by atoms with Crippen LogP contribution in [0.2, 0.25) is 0 Å². The van der Waals surface area contributed by atoms with Crippen LogP contribution in [0, 0.1) is 0 Å². The molecule has 0 N–H and O–H groups in total. The number of fused-ring (bicyclic) bond motifs is 2. The maximum Gasteiger partial charge on any atom is 0.247 e. The molecule has 6 nitrogen and oxygen atoms in total. The van der Waals surface area contributed by atoms with E-state index >= 15 is 0 Å². The second-order valence-corrected chi connectivity index (χ2v) is 6.67. The summed E-state index contributed by atoms with van der Waals surface area (Å²) in [6.45, 7) is 1.92. The van der Waals surface area contributed by atoms with Crippen molar-refractivity contribution in [2.45, 2.75) is 56.8 Å². The van der Waals surface area contributed by atoms with Gasteiger partial charge in [0, 0.05) is 49.6 Å². The molecule has 0 spiro atoms. The Bertz CT molecular complexity index is 674. The maximum atomic E-state index is 12.9. The average molecular weight is 326 g/mol. The molecule has 2 fully saturated rings. The van der Waals surface area contributed by atoms with Gasteiger partial charge in [-0.15, -0.1) is 0 Å². The Kier molecular flexibility index (Phi) is 3.96. The Morgan fingerprint density at radius 1 is 1.21 bits per heavy atom. The minimum atomic E-state index is -0.253. The molecule has 24 heavy (non-hydrogen) atoms. The Labute approximate surface area is 141 Å². The largest absolute Gasteiger partial charge is 0.474 e. The van der Waals surface area contributed by atoms with Gasteiger partial charge in [-0.25, -0.2) is 4.98 Å². The number of ether oxygens (including phenoxy) is 1. The van der Waals surface area contributed by atoms with Crippen LogP contribution >= 0.6 is 0 Å². The minimum Gasteiger partial charge on any atom is -0.474 e. The number of pyridine rings is 1. The maximum absolute atomic E-state index is 12.9. The molecule has 0 saturated carbocycles. The number of piperidine rings is 1. The number of hydrogen-bond acceptors (Lipinski definition) is 4. The van der Waals surface area contributed by atoms with E-state index in [1.807, 2.05) is 37.4 Å². The number of amides is 1. The third kappa shape index (κ3) is 2.77. The van der Waals surface area contributed by atoms with Crippen LogP contribution in [-0.2, 0) is 4.79 Å². The van der Waals surface area contributed by atoms with Crippen molar-refractivity contribution >= 4 is 5.91 Å². The lowest BCUT2D eigenvalue weighted by atomic mass is 9.98. The van der Waals surface area contributed by atoms with Crippen molar-refractivity contribution in [3.8, 4) is 5.88 Å². The number of carbonyl (C=O) groups excluding carboxylic acids is 1. The topological polar surface area (TPSA) is 60.3 Å². The lowest BCUT2D eigenvalue weighted by molar-refractivity contribution is -0.140. The van der Waals surface area contributed by atoms with Crippen LogP contribution in [0.5, 0.6) is 5.88 Å². The van der Waals surface area contributed by atoms with Gasteiger partial charge in [-0.3, -0.25) is 9.48 Å². The Morgan fingerprint density at radius 3 is 2.62 bits per heavy atom. The van der Waals surface area contributed by atoms with Gasteiger partial charge in [-0.05, 0) is 31.9 Å². The highest BCUT2D eigenvalue weighted by atomic mass is 16.5. The van der Waals surface area contributed by atoms with E-state index in [2.05, 4.69) is 15.0 Å². The molecule has 0 aliphatic carbocycles. The molecule has 3 atom stereocenters. The zero-order valence-electron chi connectivity index (χ0n) is 13.8. The molecule has 6 heteroatoms. The number of hydrogen-bond donors (Lipinski definition) is 0. The first-order valence-corrected chi connectivity index (χ1v) is 8.61. The Balaban J connectivity index is 1.44. The molecule has 0 aromatic carbocycles. The normalized spacial score (nSPS) is 27.0. The van der Waals surface area contributed by atoms with Crippen molar-refractivity contribution in [3.05, 3.63) is 42.9 Å². The van der Waals surface area contributed by atoms with Crippen LogP contribution in [-0.4, -0.2) is 43.8 Å². The van der Waals surface area contributed by atoms with Gasteiger partial charge in [0.15, 0.2) is 0 Å². The SMILES string of the molecule is CC(C(=O)N1C2CCC1CC(Oc1ccccn1)C2)n1cccn1. The van der Waals surface area contributed by atoms with Gasteiger partial charge in [0.1, 0.15) is 12.1 Å². The number of carbonyl (C=O) groups is 1. The van der Waals surface area contributed by atoms with E-state index in [0.717, 1.165) is 25.7 Å². The lowest BCUT2D eigenvalue weighted by Gasteiger charge is -2.39. The van der Waals surface area contributed by atoms with Crippen LogP contribution in [0.25, 0.3) is 0 Å². The van der Waals surface area contributed by atoms with Crippen LogP contribution < -0.4 is 4.74 Å². The first-order valence-electron chi connectivity index (χ1n) is 8.61. The Morgan fingerprint density at radius 2 is 2.00 bits per heavy atom. The van der Waals surface area contributed by atoms with E-state index in [0.29, 0.717) is 5.88 Å². The highest BCUT2D eigenvalue weighted by Crippen LogP contribution is 2.38. The summed E-state index contributed by atoms with van der Waals surface area (Å²) in [4.78, 5) is 19.3. The number of rotatable bonds is 4. The fourth-order valence-electron chi connectivity index (χ4n) is 4.01. The summed E-state index contributed by atoms with van der Waals surface area (Å²) >= 11 is 0. The standard InChI is InChI=1S/C18H22N4O2/c1-13(21-10-4-9-20-21)18(23)22-14-6-7-15(22)12-16(11-14)24-17-5-2-3-8-19-17/h2-5,8-10,13-16H,6-7,11-12H2,1H3. The second-order valence-electron chi connectivity index (χ2n) is 6.67. The van der Waals surface area contributed by atoms with E-state index in [1.54, 1.807) is 17.1 Å². The minimum absolute atomic E-state index is 0.140. The molecule has 2 aliphatic rings. The van der Waals surface area contributed by atoms with Gasteiger partial charge < -0.3 is 9.64 Å². The fourth-order valence-corrected chi connectivity index (χ4v) is 4.01. The van der Waals surface area contributed by atoms with Gasteiger partial charge in [-0.1, -0.05) is 6.07 Å². The monoisotopic (exact) mass is 326 g/mol. The number of nitrogens with zero attached hydrogens (tertiary/aromatic N) is 4. The van der Waals surface area contributed by atoms with Crippen molar-refractivity contribution < 1.29 is 9.53 Å². The van der Waals surface area contributed by atoms with E-state index in [9.17, 15) is 4.79 Å². The zero-order valence-corrected chi connectivity index (χ0v) is 13.8. The fraction of sp³-hybridized carbons (Fsp3) is 0.500. The molecule has 2 aromatic rings. The summed E-state index contributed by atoms with van der Waals surface area (Å²) in [7, 11) is 0. The van der Waals surface area contributed by atoms with Crippen LogP contribution in [0.4, 0.5) is 0 Å². The molecular weight excluding hydrogens is 304 g/mol. The Hall–Kier alpha value is -2.37. The van der Waals surface area contributed by atoms with Gasteiger partial charge in [0.05, 0.1) is 0 Å². The van der Waals surface area contributed by atoms with Gasteiger partial charge in [0.25, 0.3) is 0 Å². The first kappa shape index (κ1) is 15.2. The molecule has 3 unspecified atom stereocenters. The van der Waals surface area contributed by atoms with E-state index in [4.69, 9.17) is 4.74 Å². The van der Waals surface area contributed by atoms with Crippen LogP contribution in [0.15, 0.2) is 42.9 Å². The van der Waals surface area contributed by atoms with Gasteiger partial charge >= 0.3 is 0 Å². The van der Waals surface area contributed by atoms with Gasteiger partial charge in [0.2, 0.25) is 11.8 Å². The van der Waals surface area contributed by atoms with E-state index in [1.165, 1.54) is 0 Å². The third-order valence-electron chi connectivity index (χ3n) is 5.15. The van der Waals surface area contributed by atoms with Gasteiger partial charge in [-0.2, -0.15) is 5.10 Å². The molecule has 2 aromatic heterocycles. The smallest absolute Gasteiger partial charge is 0.247 e. The predicted octanol–water partition coefficient (Wildman–Crippen LogP) is 2.44.